The third-order valence-electron chi connectivity index (χ3n) is 3.86. The molecule has 0 fully saturated rings. The fourth-order valence-corrected chi connectivity index (χ4v) is 2.67. The van der Waals surface area contributed by atoms with E-state index in [-0.39, 0.29) is 6.04 Å². The fourth-order valence-electron chi connectivity index (χ4n) is 2.67. The third-order valence-corrected chi connectivity index (χ3v) is 3.86. The molecule has 6 nitrogen and oxygen atoms in total. The number of aliphatic hydroxyl groups excluding tert-OH is 1. The van der Waals surface area contributed by atoms with Crippen molar-refractivity contribution in [2.75, 3.05) is 12.4 Å². The number of aromatic nitrogens is 4. The molecule has 0 bridgehead atoms. The van der Waals surface area contributed by atoms with Crippen LogP contribution in [-0.2, 0) is 0 Å². The summed E-state index contributed by atoms with van der Waals surface area (Å²) < 4.78 is 1.98. The quantitative estimate of drug-likeness (QED) is 0.731. The molecule has 116 valence electrons. The van der Waals surface area contributed by atoms with Crippen LogP contribution in [0.3, 0.4) is 0 Å². The zero-order valence-corrected chi connectivity index (χ0v) is 13.1. The van der Waals surface area contributed by atoms with E-state index in [0.717, 1.165) is 24.0 Å². The van der Waals surface area contributed by atoms with Crippen LogP contribution in [0, 0.1) is 0 Å². The molecule has 2 N–H and O–H groups in total. The summed E-state index contributed by atoms with van der Waals surface area (Å²) in [6.07, 6.45) is 8.55. The van der Waals surface area contributed by atoms with E-state index in [0.29, 0.717) is 5.82 Å². The first kappa shape index (κ1) is 15.7. The molecule has 0 saturated heterocycles. The van der Waals surface area contributed by atoms with Crippen molar-refractivity contribution < 1.29 is 5.11 Å². The number of imidazole rings is 1. The molecule has 0 saturated carbocycles. The second-order valence-corrected chi connectivity index (χ2v) is 5.45. The van der Waals surface area contributed by atoms with Crippen LogP contribution in [0.25, 0.3) is 11.2 Å². The van der Waals surface area contributed by atoms with Gasteiger partial charge in [-0.25, -0.2) is 15.0 Å². The van der Waals surface area contributed by atoms with E-state index in [1.165, 1.54) is 25.6 Å². The predicted molar refractivity (Wildman–Crippen MR) is 84.3 cm³/mol. The molecule has 0 amide bonds. The van der Waals surface area contributed by atoms with E-state index in [2.05, 4.69) is 27.2 Å². The molecule has 2 aromatic heterocycles. The molecule has 2 heterocycles. The largest absolute Gasteiger partial charge is 0.391 e. The van der Waals surface area contributed by atoms with Gasteiger partial charge in [-0.1, -0.05) is 32.6 Å². The molecule has 0 aliphatic heterocycles. The van der Waals surface area contributed by atoms with Crippen LogP contribution in [0.15, 0.2) is 12.7 Å². The smallest absolute Gasteiger partial charge is 0.165 e. The van der Waals surface area contributed by atoms with Crippen molar-refractivity contribution in [3.63, 3.8) is 0 Å². The lowest BCUT2D eigenvalue weighted by atomic mass is 10.0. The number of fused-ring (bicyclic) bond motifs is 1. The van der Waals surface area contributed by atoms with Gasteiger partial charge in [-0.05, 0) is 13.3 Å². The Morgan fingerprint density at radius 2 is 2.05 bits per heavy atom. The van der Waals surface area contributed by atoms with Crippen molar-refractivity contribution in [3.05, 3.63) is 12.7 Å². The molecule has 2 atom stereocenters. The first-order chi connectivity index (χ1) is 10.2. The van der Waals surface area contributed by atoms with Gasteiger partial charge in [-0.2, -0.15) is 0 Å². The van der Waals surface area contributed by atoms with Gasteiger partial charge in [-0.15, -0.1) is 0 Å². The van der Waals surface area contributed by atoms with Crippen molar-refractivity contribution in [2.45, 2.75) is 58.1 Å². The van der Waals surface area contributed by atoms with Crippen molar-refractivity contribution in [1.29, 1.82) is 0 Å². The maximum absolute atomic E-state index is 10.1. The van der Waals surface area contributed by atoms with Gasteiger partial charge in [0.25, 0.3) is 0 Å². The van der Waals surface area contributed by atoms with Gasteiger partial charge in [-0.3, -0.25) is 0 Å². The zero-order chi connectivity index (χ0) is 15.2. The van der Waals surface area contributed by atoms with Gasteiger partial charge >= 0.3 is 0 Å². The predicted octanol–water partition coefficient (Wildman–Crippen LogP) is 2.76. The number of nitrogens with zero attached hydrogens (tertiary/aromatic N) is 4. The molecule has 0 aromatic carbocycles. The summed E-state index contributed by atoms with van der Waals surface area (Å²) in [7, 11) is 1.82. The van der Waals surface area contributed by atoms with E-state index >= 15 is 0 Å². The monoisotopic (exact) mass is 291 g/mol. The lowest BCUT2D eigenvalue weighted by Crippen LogP contribution is -2.21. The van der Waals surface area contributed by atoms with E-state index in [1.807, 2.05) is 18.5 Å². The molecule has 0 spiro atoms. The van der Waals surface area contributed by atoms with Gasteiger partial charge in [0.05, 0.1) is 18.5 Å². The molecule has 2 aromatic rings. The highest BCUT2D eigenvalue weighted by Gasteiger charge is 2.20. The fraction of sp³-hybridized carbons (Fsp3) is 0.667. The molecule has 6 heteroatoms. The number of rotatable bonds is 8. The minimum atomic E-state index is -0.433. The zero-order valence-electron chi connectivity index (χ0n) is 13.1. The number of nitrogens with one attached hydrogen (secondary N) is 1. The summed E-state index contributed by atoms with van der Waals surface area (Å²) in [6.45, 7) is 4.03. The standard InChI is InChI=1S/C15H25N5O/c1-4-5-6-7-8-12(11(2)21)20-10-19-13-14(16-3)17-9-18-15(13)20/h9-12,21H,4-8H2,1-3H3,(H,16,17,18). The minimum absolute atomic E-state index is 0.00598. The molecule has 0 aliphatic carbocycles. The summed E-state index contributed by atoms with van der Waals surface area (Å²) in [6, 6.07) is 0.00598. The summed E-state index contributed by atoms with van der Waals surface area (Å²) in [5, 5.41) is 13.1. The molecule has 0 aliphatic rings. The summed E-state index contributed by atoms with van der Waals surface area (Å²) in [5.74, 6) is 0.717. The van der Waals surface area contributed by atoms with Gasteiger partial charge in [0.15, 0.2) is 11.5 Å². The van der Waals surface area contributed by atoms with Crippen LogP contribution in [0.4, 0.5) is 5.82 Å². The Morgan fingerprint density at radius 3 is 2.71 bits per heavy atom. The Morgan fingerprint density at radius 1 is 1.24 bits per heavy atom. The normalized spacial score (nSPS) is 14.3. The Balaban J connectivity index is 2.24. The van der Waals surface area contributed by atoms with Crippen LogP contribution in [0.1, 0.15) is 52.0 Å². The average Bonchev–Trinajstić information content (AvgIpc) is 2.90. The van der Waals surface area contributed by atoms with Crippen molar-refractivity contribution in [3.8, 4) is 0 Å². The summed E-state index contributed by atoms with van der Waals surface area (Å²) >= 11 is 0. The second-order valence-electron chi connectivity index (χ2n) is 5.45. The van der Waals surface area contributed by atoms with Crippen LogP contribution in [-0.4, -0.2) is 37.8 Å². The van der Waals surface area contributed by atoms with Crippen molar-refractivity contribution in [2.24, 2.45) is 0 Å². The number of hydrogen-bond acceptors (Lipinski definition) is 5. The Hall–Kier alpha value is -1.69. The molecule has 2 rings (SSSR count). The lowest BCUT2D eigenvalue weighted by Gasteiger charge is -2.21. The molecular weight excluding hydrogens is 266 g/mol. The highest BCUT2D eigenvalue weighted by Crippen LogP contribution is 2.26. The van der Waals surface area contributed by atoms with Crippen LogP contribution in [0.5, 0.6) is 0 Å². The van der Waals surface area contributed by atoms with Crippen LogP contribution in [0.2, 0.25) is 0 Å². The number of hydrogen-bond donors (Lipinski definition) is 2. The first-order valence-corrected chi connectivity index (χ1v) is 7.72. The van der Waals surface area contributed by atoms with E-state index in [1.54, 1.807) is 6.33 Å². The second kappa shape index (κ2) is 7.36. The number of aliphatic hydroxyl groups is 1. The number of unbranched alkanes of at least 4 members (excludes halogenated alkanes) is 3. The molecule has 2 unspecified atom stereocenters. The van der Waals surface area contributed by atoms with Gasteiger partial charge in [0.1, 0.15) is 11.8 Å². The minimum Gasteiger partial charge on any atom is -0.391 e. The Bertz CT molecular complexity index is 566. The highest BCUT2D eigenvalue weighted by molar-refractivity contribution is 5.82. The van der Waals surface area contributed by atoms with Crippen molar-refractivity contribution in [1.82, 2.24) is 19.5 Å². The van der Waals surface area contributed by atoms with E-state index in [9.17, 15) is 5.11 Å². The van der Waals surface area contributed by atoms with Gasteiger partial charge < -0.3 is 15.0 Å². The summed E-state index contributed by atoms with van der Waals surface area (Å²) in [4.78, 5) is 12.9. The maximum atomic E-state index is 10.1. The van der Waals surface area contributed by atoms with Gasteiger partial charge in [0, 0.05) is 7.05 Å². The SMILES string of the molecule is CCCCCCC(C(C)O)n1cnc2c(NC)ncnc21. The maximum Gasteiger partial charge on any atom is 0.165 e. The molecule has 0 radical (unpaired) electrons. The number of anilines is 1. The third kappa shape index (κ3) is 3.50. The highest BCUT2D eigenvalue weighted by atomic mass is 16.3. The summed E-state index contributed by atoms with van der Waals surface area (Å²) in [5.41, 5.74) is 1.52. The molecular formula is C15H25N5O. The van der Waals surface area contributed by atoms with Gasteiger partial charge in [0.2, 0.25) is 0 Å². The topological polar surface area (TPSA) is 75.9 Å². The Kier molecular flexibility index (Phi) is 5.50. The molecule has 21 heavy (non-hydrogen) atoms. The lowest BCUT2D eigenvalue weighted by molar-refractivity contribution is 0.124. The van der Waals surface area contributed by atoms with E-state index in [4.69, 9.17) is 0 Å². The van der Waals surface area contributed by atoms with Crippen LogP contribution >= 0.6 is 0 Å². The average molecular weight is 291 g/mol. The first-order valence-electron chi connectivity index (χ1n) is 7.72. The van der Waals surface area contributed by atoms with E-state index < -0.39 is 6.10 Å². The Labute approximate surface area is 125 Å². The van der Waals surface area contributed by atoms with Crippen molar-refractivity contribution >= 4 is 17.0 Å². The van der Waals surface area contributed by atoms with Crippen LogP contribution < -0.4 is 5.32 Å².